The largest absolute Gasteiger partial charge is 0.463 e. The number of methoxy groups -OCH3 is 1. The number of aromatic nitrogens is 2. The van der Waals surface area contributed by atoms with E-state index in [0.717, 1.165) is 5.56 Å². The highest BCUT2D eigenvalue weighted by Gasteiger charge is 2.12. The van der Waals surface area contributed by atoms with Crippen LogP contribution in [-0.2, 0) is 4.74 Å². The van der Waals surface area contributed by atoms with E-state index in [1.807, 2.05) is 31.2 Å². The van der Waals surface area contributed by atoms with Gasteiger partial charge in [-0.3, -0.25) is 0 Å². The van der Waals surface area contributed by atoms with Crippen molar-refractivity contribution in [3.63, 3.8) is 0 Å². The summed E-state index contributed by atoms with van der Waals surface area (Å²) in [5, 5.41) is 3.85. The first-order chi connectivity index (χ1) is 9.61. The normalized spacial score (nSPS) is 11.8. The SMILES string of the molecule is COC(=O)c1nccc(NC(C)c2ccccc2Cl)n1. The number of nitrogens with one attached hydrogen (secondary N) is 1. The highest BCUT2D eigenvalue weighted by molar-refractivity contribution is 6.31. The summed E-state index contributed by atoms with van der Waals surface area (Å²) in [4.78, 5) is 19.3. The maximum Gasteiger partial charge on any atom is 0.376 e. The second kappa shape index (κ2) is 6.34. The highest BCUT2D eigenvalue weighted by Crippen LogP contribution is 2.24. The average molecular weight is 292 g/mol. The van der Waals surface area contributed by atoms with E-state index in [0.29, 0.717) is 10.8 Å². The molecule has 0 fully saturated rings. The summed E-state index contributed by atoms with van der Waals surface area (Å²) in [6, 6.07) is 9.18. The van der Waals surface area contributed by atoms with Crippen LogP contribution in [0.25, 0.3) is 0 Å². The molecule has 0 aliphatic rings. The monoisotopic (exact) mass is 291 g/mol. The maximum absolute atomic E-state index is 11.4. The van der Waals surface area contributed by atoms with Gasteiger partial charge in [0.05, 0.1) is 13.2 Å². The minimum absolute atomic E-state index is 0.0175. The van der Waals surface area contributed by atoms with Crippen molar-refractivity contribution >= 4 is 23.4 Å². The van der Waals surface area contributed by atoms with Crippen molar-refractivity contribution in [2.24, 2.45) is 0 Å². The zero-order chi connectivity index (χ0) is 14.5. The lowest BCUT2D eigenvalue weighted by Crippen LogP contribution is -2.12. The van der Waals surface area contributed by atoms with Crippen LogP contribution in [0.5, 0.6) is 0 Å². The summed E-state index contributed by atoms with van der Waals surface area (Å²) in [6.45, 7) is 1.96. The van der Waals surface area contributed by atoms with Gasteiger partial charge in [-0.1, -0.05) is 29.8 Å². The quantitative estimate of drug-likeness (QED) is 0.877. The minimum Gasteiger partial charge on any atom is -0.463 e. The summed E-state index contributed by atoms with van der Waals surface area (Å²) in [7, 11) is 1.29. The van der Waals surface area contributed by atoms with Gasteiger partial charge < -0.3 is 10.1 Å². The second-order valence-electron chi connectivity index (χ2n) is 4.14. The Hall–Kier alpha value is -2.14. The summed E-state index contributed by atoms with van der Waals surface area (Å²) < 4.78 is 4.59. The van der Waals surface area contributed by atoms with Gasteiger partial charge in [0, 0.05) is 11.2 Å². The van der Waals surface area contributed by atoms with Crippen molar-refractivity contribution in [3.05, 3.63) is 52.9 Å². The molecule has 1 atom stereocenters. The molecule has 0 amide bonds. The van der Waals surface area contributed by atoms with E-state index < -0.39 is 5.97 Å². The number of benzene rings is 1. The Morgan fingerprint density at radius 3 is 2.80 bits per heavy atom. The molecule has 0 saturated carbocycles. The number of anilines is 1. The summed E-state index contributed by atoms with van der Waals surface area (Å²) >= 11 is 6.14. The van der Waals surface area contributed by atoms with Crippen LogP contribution in [0.4, 0.5) is 5.82 Å². The molecule has 104 valence electrons. The van der Waals surface area contributed by atoms with Gasteiger partial charge in [0.2, 0.25) is 5.82 Å². The third kappa shape index (κ3) is 3.24. The van der Waals surface area contributed by atoms with E-state index in [-0.39, 0.29) is 11.9 Å². The Labute approximate surface area is 122 Å². The predicted molar refractivity (Wildman–Crippen MR) is 76.9 cm³/mol. The van der Waals surface area contributed by atoms with Gasteiger partial charge in [0.15, 0.2) is 0 Å². The molecule has 1 unspecified atom stereocenters. The fourth-order valence-electron chi connectivity index (χ4n) is 1.75. The van der Waals surface area contributed by atoms with Gasteiger partial charge in [-0.05, 0) is 24.6 Å². The molecule has 1 aromatic heterocycles. The van der Waals surface area contributed by atoms with Crippen molar-refractivity contribution in [2.75, 3.05) is 12.4 Å². The number of halogens is 1. The fourth-order valence-corrected chi connectivity index (χ4v) is 2.05. The van der Waals surface area contributed by atoms with E-state index in [4.69, 9.17) is 11.6 Å². The first kappa shape index (κ1) is 14.3. The number of esters is 1. The molecule has 1 aromatic carbocycles. The van der Waals surface area contributed by atoms with E-state index in [1.54, 1.807) is 6.07 Å². The number of carbonyl (C=O) groups is 1. The van der Waals surface area contributed by atoms with Gasteiger partial charge in [0.25, 0.3) is 0 Å². The van der Waals surface area contributed by atoms with Gasteiger partial charge in [-0.25, -0.2) is 14.8 Å². The predicted octanol–water partition coefficient (Wildman–Crippen LogP) is 3.09. The van der Waals surface area contributed by atoms with Crippen molar-refractivity contribution < 1.29 is 9.53 Å². The molecular formula is C14H14ClN3O2. The van der Waals surface area contributed by atoms with Crippen LogP contribution in [0.3, 0.4) is 0 Å². The van der Waals surface area contributed by atoms with Crippen LogP contribution < -0.4 is 5.32 Å². The van der Waals surface area contributed by atoms with Crippen molar-refractivity contribution in [1.82, 2.24) is 9.97 Å². The molecular weight excluding hydrogens is 278 g/mol. The van der Waals surface area contributed by atoms with Gasteiger partial charge in [0.1, 0.15) is 5.82 Å². The highest BCUT2D eigenvalue weighted by atomic mass is 35.5. The Kier molecular flexibility index (Phi) is 4.53. The fraction of sp³-hybridized carbons (Fsp3) is 0.214. The topological polar surface area (TPSA) is 64.1 Å². The lowest BCUT2D eigenvalue weighted by Gasteiger charge is -2.16. The molecule has 0 aliphatic heterocycles. The number of carbonyl (C=O) groups excluding carboxylic acids is 1. The van der Waals surface area contributed by atoms with Gasteiger partial charge in [-0.15, -0.1) is 0 Å². The standard InChI is InChI=1S/C14H14ClN3O2/c1-9(10-5-3-4-6-11(10)15)17-12-7-8-16-13(18-12)14(19)20-2/h3-9H,1-2H3,(H,16,17,18). The molecule has 2 aromatic rings. The Bertz CT molecular complexity index is 619. The minimum atomic E-state index is -0.570. The molecule has 0 radical (unpaired) electrons. The zero-order valence-electron chi connectivity index (χ0n) is 11.1. The molecule has 0 aliphatic carbocycles. The molecule has 0 saturated heterocycles. The maximum atomic E-state index is 11.4. The van der Waals surface area contributed by atoms with Crippen LogP contribution >= 0.6 is 11.6 Å². The molecule has 1 N–H and O–H groups in total. The first-order valence-corrected chi connectivity index (χ1v) is 6.42. The van der Waals surface area contributed by atoms with Crippen molar-refractivity contribution in [3.8, 4) is 0 Å². The molecule has 1 heterocycles. The van der Waals surface area contributed by atoms with Gasteiger partial charge >= 0.3 is 5.97 Å². The lowest BCUT2D eigenvalue weighted by atomic mass is 10.1. The summed E-state index contributed by atoms with van der Waals surface area (Å²) in [5.41, 5.74) is 0.951. The van der Waals surface area contributed by atoms with Crippen molar-refractivity contribution in [1.29, 1.82) is 0 Å². The van der Waals surface area contributed by atoms with Gasteiger partial charge in [-0.2, -0.15) is 0 Å². The van der Waals surface area contributed by atoms with Crippen LogP contribution in [0.1, 0.15) is 29.1 Å². The number of hydrogen-bond acceptors (Lipinski definition) is 5. The Morgan fingerprint density at radius 1 is 1.35 bits per heavy atom. The van der Waals surface area contributed by atoms with Crippen LogP contribution in [0.2, 0.25) is 5.02 Å². The zero-order valence-corrected chi connectivity index (χ0v) is 11.9. The summed E-state index contributed by atoms with van der Waals surface area (Å²) in [6.07, 6.45) is 1.50. The molecule has 2 rings (SSSR count). The lowest BCUT2D eigenvalue weighted by molar-refractivity contribution is 0.0587. The Balaban J connectivity index is 2.18. The van der Waals surface area contributed by atoms with E-state index in [2.05, 4.69) is 20.0 Å². The third-order valence-electron chi connectivity index (χ3n) is 2.76. The van der Waals surface area contributed by atoms with Crippen molar-refractivity contribution in [2.45, 2.75) is 13.0 Å². The average Bonchev–Trinajstić information content (AvgIpc) is 2.47. The molecule has 20 heavy (non-hydrogen) atoms. The smallest absolute Gasteiger partial charge is 0.376 e. The number of nitrogens with zero attached hydrogens (tertiary/aromatic N) is 2. The van der Waals surface area contributed by atoms with Crippen LogP contribution in [0, 0.1) is 0 Å². The number of hydrogen-bond donors (Lipinski definition) is 1. The molecule has 5 nitrogen and oxygen atoms in total. The van der Waals surface area contributed by atoms with Crippen LogP contribution in [-0.4, -0.2) is 23.0 Å². The molecule has 0 spiro atoms. The molecule has 0 bridgehead atoms. The second-order valence-corrected chi connectivity index (χ2v) is 4.55. The molecule has 6 heteroatoms. The van der Waals surface area contributed by atoms with Crippen LogP contribution in [0.15, 0.2) is 36.5 Å². The first-order valence-electron chi connectivity index (χ1n) is 6.04. The number of ether oxygens (including phenoxy) is 1. The van der Waals surface area contributed by atoms with E-state index in [9.17, 15) is 4.79 Å². The Morgan fingerprint density at radius 2 is 2.10 bits per heavy atom. The van der Waals surface area contributed by atoms with E-state index >= 15 is 0 Å². The summed E-state index contributed by atoms with van der Waals surface area (Å²) in [5.74, 6) is -0.0178. The third-order valence-corrected chi connectivity index (χ3v) is 3.10. The number of rotatable bonds is 4. The van der Waals surface area contributed by atoms with E-state index in [1.165, 1.54) is 13.3 Å².